The lowest BCUT2D eigenvalue weighted by Crippen LogP contribution is -2.35. The first-order chi connectivity index (χ1) is 17.0. The molecule has 184 valence electrons. The van der Waals surface area contributed by atoms with Crippen molar-refractivity contribution in [3.63, 3.8) is 0 Å². The molecule has 2 atom stereocenters. The quantitative estimate of drug-likeness (QED) is 0.390. The molecule has 1 aliphatic heterocycles. The van der Waals surface area contributed by atoms with Crippen LogP contribution in [0.25, 0.3) is 10.9 Å². The Morgan fingerprint density at radius 3 is 2.86 bits per heavy atom. The van der Waals surface area contributed by atoms with Gasteiger partial charge in [-0.2, -0.15) is 0 Å². The number of aromatic nitrogens is 5. The van der Waals surface area contributed by atoms with Crippen LogP contribution in [0.15, 0.2) is 51.9 Å². The maximum absolute atomic E-state index is 13.1. The highest BCUT2D eigenvalue weighted by Gasteiger charge is 2.31. The van der Waals surface area contributed by atoms with Crippen LogP contribution in [0.5, 0.6) is 0 Å². The van der Waals surface area contributed by atoms with E-state index in [1.54, 1.807) is 6.26 Å². The Balaban J connectivity index is 1.51. The molecular formula is C26H32N6O3. The number of H-pyrrole nitrogens is 1. The summed E-state index contributed by atoms with van der Waals surface area (Å²) < 4.78 is 13.4. The van der Waals surface area contributed by atoms with Crippen molar-refractivity contribution in [2.24, 2.45) is 5.92 Å². The number of tetrazole rings is 1. The molecule has 9 heteroatoms. The van der Waals surface area contributed by atoms with Gasteiger partial charge in [0, 0.05) is 24.2 Å². The third-order valence-corrected chi connectivity index (χ3v) is 6.64. The Kier molecular flexibility index (Phi) is 6.79. The van der Waals surface area contributed by atoms with E-state index in [4.69, 9.17) is 9.15 Å². The summed E-state index contributed by atoms with van der Waals surface area (Å²) in [6.45, 7) is 8.67. The number of ether oxygens (including phenoxy) is 1. The van der Waals surface area contributed by atoms with E-state index in [0.29, 0.717) is 25.2 Å². The highest BCUT2D eigenvalue weighted by Crippen LogP contribution is 2.31. The van der Waals surface area contributed by atoms with Crippen LogP contribution in [-0.4, -0.2) is 42.8 Å². The largest absolute Gasteiger partial charge is 0.468 e. The Morgan fingerprint density at radius 1 is 1.23 bits per heavy atom. The molecule has 1 aliphatic rings. The third kappa shape index (κ3) is 5.21. The number of hydrogen-bond acceptors (Lipinski definition) is 7. The van der Waals surface area contributed by atoms with Crippen LogP contribution in [0.3, 0.4) is 0 Å². The number of fused-ring (bicyclic) bond motifs is 1. The maximum atomic E-state index is 13.1. The van der Waals surface area contributed by atoms with Crippen LogP contribution in [-0.2, 0) is 24.4 Å². The SMILES string of the molecule is Cc1ccc2cc(CN(Cc3ccco3)C(c3nnnn3CC3CCCO3)C(C)C)c(=O)[nH]c2c1. The molecule has 0 saturated carbocycles. The first-order valence-electron chi connectivity index (χ1n) is 12.2. The standard InChI is InChI=1S/C26H32N6O3/c1-17(2)24(25-28-29-30-32(25)16-22-7-5-11-35-22)31(15-21-6-4-10-34-21)14-20-13-19-9-8-18(3)12-23(19)27-26(20)33/h4,6,8-10,12-13,17,22,24H,5,7,11,14-16H2,1-3H3,(H,27,33). The van der Waals surface area contributed by atoms with E-state index in [1.807, 2.05) is 41.9 Å². The molecule has 0 bridgehead atoms. The van der Waals surface area contributed by atoms with Gasteiger partial charge in [-0.3, -0.25) is 9.69 Å². The number of aryl methyl sites for hydroxylation is 1. The average Bonchev–Trinajstić information content (AvgIpc) is 3.59. The molecule has 0 amide bonds. The minimum absolute atomic E-state index is 0.0889. The first kappa shape index (κ1) is 23.4. The smallest absolute Gasteiger partial charge is 0.252 e. The molecule has 1 fully saturated rings. The molecule has 1 N–H and O–H groups in total. The number of nitrogens with one attached hydrogen (secondary N) is 1. The fraction of sp³-hybridized carbons (Fsp3) is 0.462. The Hall–Kier alpha value is -3.30. The number of nitrogens with zero attached hydrogens (tertiary/aromatic N) is 5. The summed E-state index contributed by atoms with van der Waals surface area (Å²) in [6, 6.07) is 11.8. The molecular weight excluding hydrogens is 444 g/mol. The number of aromatic amines is 1. The van der Waals surface area contributed by atoms with Crippen molar-refractivity contribution < 1.29 is 9.15 Å². The molecule has 1 aromatic carbocycles. The van der Waals surface area contributed by atoms with Crippen molar-refractivity contribution in [2.45, 2.75) is 65.4 Å². The van der Waals surface area contributed by atoms with Gasteiger partial charge in [-0.1, -0.05) is 26.0 Å². The van der Waals surface area contributed by atoms with Gasteiger partial charge in [0.1, 0.15) is 5.76 Å². The molecule has 2 unspecified atom stereocenters. The molecule has 35 heavy (non-hydrogen) atoms. The molecule has 4 heterocycles. The molecule has 0 spiro atoms. The van der Waals surface area contributed by atoms with Crippen molar-refractivity contribution in [2.75, 3.05) is 6.61 Å². The lowest BCUT2D eigenvalue weighted by atomic mass is 10.00. The van der Waals surface area contributed by atoms with E-state index in [1.165, 1.54) is 0 Å². The predicted molar refractivity (Wildman–Crippen MR) is 132 cm³/mol. The van der Waals surface area contributed by atoms with E-state index in [0.717, 1.165) is 47.5 Å². The Labute approximate surface area is 204 Å². The number of furan rings is 1. The summed E-state index contributed by atoms with van der Waals surface area (Å²) in [5.74, 6) is 1.78. The zero-order chi connectivity index (χ0) is 24.4. The molecule has 0 radical (unpaired) electrons. The minimum Gasteiger partial charge on any atom is -0.468 e. The second-order valence-corrected chi connectivity index (χ2v) is 9.74. The van der Waals surface area contributed by atoms with Crippen molar-refractivity contribution >= 4 is 10.9 Å². The van der Waals surface area contributed by atoms with Crippen LogP contribution in [0.1, 0.15) is 55.4 Å². The lowest BCUT2D eigenvalue weighted by molar-refractivity contribution is 0.0836. The van der Waals surface area contributed by atoms with Gasteiger partial charge in [-0.25, -0.2) is 4.68 Å². The van der Waals surface area contributed by atoms with Gasteiger partial charge in [-0.05, 0) is 71.3 Å². The summed E-state index contributed by atoms with van der Waals surface area (Å²) >= 11 is 0. The summed E-state index contributed by atoms with van der Waals surface area (Å²) in [6.07, 6.45) is 3.86. The van der Waals surface area contributed by atoms with Gasteiger partial charge < -0.3 is 14.1 Å². The van der Waals surface area contributed by atoms with Gasteiger partial charge in [0.25, 0.3) is 5.56 Å². The van der Waals surface area contributed by atoms with Crippen LogP contribution < -0.4 is 5.56 Å². The highest BCUT2D eigenvalue weighted by atomic mass is 16.5. The van der Waals surface area contributed by atoms with E-state index >= 15 is 0 Å². The van der Waals surface area contributed by atoms with Gasteiger partial charge in [0.2, 0.25) is 0 Å². The molecule has 3 aromatic heterocycles. The number of benzene rings is 1. The fourth-order valence-electron chi connectivity index (χ4n) is 4.97. The first-order valence-corrected chi connectivity index (χ1v) is 12.2. The van der Waals surface area contributed by atoms with Crippen molar-refractivity contribution in [3.8, 4) is 0 Å². The number of hydrogen-bond donors (Lipinski definition) is 1. The fourth-order valence-corrected chi connectivity index (χ4v) is 4.97. The number of pyridine rings is 1. The van der Waals surface area contributed by atoms with Crippen molar-refractivity contribution in [3.05, 3.63) is 75.7 Å². The summed E-state index contributed by atoms with van der Waals surface area (Å²) in [5.41, 5.74) is 2.56. The predicted octanol–water partition coefficient (Wildman–Crippen LogP) is 3.99. The summed E-state index contributed by atoms with van der Waals surface area (Å²) in [5, 5.41) is 13.8. The van der Waals surface area contributed by atoms with Crippen LogP contribution in [0.4, 0.5) is 0 Å². The van der Waals surface area contributed by atoms with Crippen LogP contribution in [0.2, 0.25) is 0 Å². The number of rotatable bonds is 9. The topological polar surface area (TPSA) is 102 Å². The lowest BCUT2D eigenvalue weighted by Gasteiger charge is -2.33. The van der Waals surface area contributed by atoms with E-state index in [9.17, 15) is 4.79 Å². The van der Waals surface area contributed by atoms with Crippen LogP contribution >= 0.6 is 0 Å². The zero-order valence-corrected chi connectivity index (χ0v) is 20.5. The van der Waals surface area contributed by atoms with E-state index in [-0.39, 0.29) is 23.6 Å². The van der Waals surface area contributed by atoms with E-state index in [2.05, 4.69) is 45.3 Å². The minimum atomic E-state index is -0.135. The molecule has 1 saturated heterocycles. The molecule has 9 nitrogen and oxygen atoms in total. The summed E-state index contributed by atoms with van der Waals surface area (Å²) in [4.78, 5) is 18.4. The van der Waals surface area contributed by atoms with Crippen molar-refractivity contribution in [1.82, 2.24) is 30.1 Å². The van der Waals surface area contributed by atoms with Gasteiger partial charge in [0.05, 0.1) is 31.5 Å². The Morgan fingerprint density at radius 2 is 2.11 bits per heavy atom. The monoisotopic (exact) mass is 476 g/mol. The normalized spacial score (nSPS) is 17.1. The van der Waals surface area contributed by atoms with Gasteiger partial charge >= 0.3 is 0 Å². The Bertz CT molecular complexity index is 1320. The molecule has 5 rings (SSSR count). The average molecular weight is 477 g/mol. The highest BCUT2D eigenvalue weighted by molar-refractivity contribution is 5.79. The zero-order valence-electron chi connectivity index (χ0n) is 20.5. The second-order valence-electron chi connectivity index (χ2n) is 9.74. The van der Waals surface area contributed by atoms with Gasteiger partial charge in [-0.15, -0.1) is 5.10 Å². The second kappa shape index (κ2) is 10.1. The summed E-state index contributed by atoms with van der Waals surface area (Å²) in [7, 11) is 0. The maximum Gasteiger partial charge on any atom is 0.252 e. The van der Waals surface area contributed by atoms with Crippen LogP contribution in [0, 0.1) is 12.8 Å². The third-order valence-electron chi connectivity index (χ3n) is 6.64. The molecule has 0 aliphatic carbocycles. The molecule has 4 aromatic rings. The van der Waals surface area contributed by atoms with Crippen molar-refractivity contribution in [1.29, 1.82) is 0 Å². The van der Waals surface area contributed by atoms with E-state index < -0.39 is 0 Å². The van der Waals surface area contributed by atoms with Gasteiger partial charge in [0.15, 0.2) is 5.82 Å².